The van der Waals surface area contributed by atoms with E-state index in [9.17, 15) is 0 Å². The highest BCUT2D eigenvalue weighted by Gasteiger charge is 2.03. The van der Waals surface area contributed by atoms with E-state index in [-0.39, 0.29) is 0 Å². The quantitative estimate of drug-likeness (QED) is 0.621. The molecule has 0 aliphatic heterocycles. The molecule has 2 aromatic heterocycles. The summed E-state index contributed by atoms with van der Waals surface area (Å²) in [5.41, 5.74) is 2.61. The molecule has 0 aliphatic carbocycles. The van der Waals surface area contributed by atoms with E-state index in [1.807, 2.05) is 19.1 Å². The van der Waals surface area contributed by atoms with Crippen LogP contribution in [-0.2, 0) is 0 Å². The third kappa shape index (κ3) is 1.33. The molecule has 2 rings (SSSR count). The van der Waals surface area contributed by atoms with E-state index in [1.165, 1.54) is 0 Å². The zero-order valence-corrected chi connectivity index (χ0v) is 7.61. The minimum atomic E-state index is 0.676. The maximum Gasteiger partial charge on any atom is 0.226 e. The second-order valence-electron chi connectivity index (χ2n) is 2.88. The maximum atomic E-state index is 5.28. The number of rotatable bonds is 1. The molecule has 0 saturated carbocycles. The van der Waals surface area contributed by atoms with Gasteiger partial charge in [0.25, 0.3) is 0 Å². The van der Waals surface area contributed by atoms with Crippen molar-refractivity contribution in [3.05, 3.63) is 29.7 Å². The molecule has 13 heavy (non-hydrogen) atoms. The number of furan rings is 1. The minimum Gasteiger partial charge on any atom is -0.445 e. The molecular formula is C10H10N2O. The normalized spacial score (nSPS) is 11.5. The van der Waals surface area contributed by atoms with Crippen LogP contribution in [0, 0.1) is 6.92 Å². The number of hydrogen-bond donors (Lipinski definition) is 0. The van der Waals surface area contributed by atoms with E-state index in [0.717, 1.165) is 16.6 Å². The van der Waals surface area contributed by atoms with Crippen molar-refractivity contribution in [1.82, 2.24) is 4.98 Å². The highest BCUT2D eigenvalue weighted by Crippen LogP contribution is 2.17. The van der Waals surface area contributed by atoms with Crippen molar-refractivity contribution in [2.24, 2.45) is 4.99 Å². The zero-order chi connectivity index (χ0) is 9.26. The Morgan fingerprint density at radius 2 is 2.31 bits per heavy atom. The first-order chi connectivity index (χ1) is 6.31. The standard InChI is InChI=1S/C10H10N2O/c1-7-3-4-9-8(5-11-2)6-13-10(9)12-7/h3-6H,1-2H3/b11-5-. The van der Waals surface area contributed by atoms with Crippen molar-refractivity contribution in [1.29, 1.82) is 0 Å². The summed E-state index contributed by atoms with van der Waals surface area (Å²) in [4.78, 5) is 8.19. The molecule has 0 spiro atoms. The Hall–Kier alpha value is -1.64. The highest BCUT2D eigenvalue weighted by molar-refractivity contribution is 5.96. The van der Waals surface area contributed by atoms with E-state index in [0.29, 0.717) is 5.71 Å². The fourth-order valence-electron chi connectivity index (χ4n) is 1.26. The Labute approximate surface area is 76.1 Å². The number of pyridine rings is 1. The zero-order valence-electron chi connectivity index (χ0n) is 7.61. The average molecular weight is 174 g/mol. The molecule has 2 aromatic rings. The molecule has 3 nitrogen and oxygen atoms in total. The lowest BCUT2D eigenvalue weighted by atomic mass is 10.2. The molecule has 0 aliphatic rings. The van der Waals surface area contributed by atoms with Gasteiger partial charge < -0.3 is 4.42 Å². The summed E-state index contributed by atoms with van der Waals surface area (Å²) < 4.78 is 5.28. The van der Waals surface area contributed by atoms with Gasteiger partial charge in [0.15, 0.2) is 0 Å². The van der Waals surface area contributed by atoms with Gasteiger partial charge in [-0.15, -0.1) is 0 Å². The van der Waals surface area contributed by atoms with Crippen LogP contribution in [0.5, 0.6) is 0 Å². The van der Waals surface area contributed by atoms with Gasteiger partial charge in [-0.3, -0.25) is 4.99 Å². The van der Waals surface area contributed by atoms with E-state index in [2.05, 4.69) is 9.98 Å². The van der Waals surface area contributed by atoms with E-state index >= 15 is 0 Å². The lowest BCUT2D eigenvalue weighted by Gasteiger charge is -1.90. The predicted molar refractivity (Wildman–Crippen MR) is 52.3 cm³/mol. The van der Waals surface area contributed by atoms with Crippen LogP contribution in [0.2, 0.25) is 0 Å². The SMILES string of the molecule is C/N=C\c1coc2nc(C)ccc12. The van der Waals surface area contributed by atoms with Gasteiger partial charge in [0.2, 0.25) is 5.71 Å². The number of aryl methyl sites for hydroxylation is 1. The van der Waals surface area contributed by atoms with E-state index < -0.39 is 0 Å². The van der Waals surface area contributed by atoms with Crippen molar-refractivity contribution in [2.75, 3.05) is 7.05 Å². The molecule has 66 valence electrons. The van der Waals surface area contributed by atoms with Crippen molar-refractivity contribution in [3.63, 3.8) is 0 Å². The Bertz CT molecular complexity index is 457. The van der Waals surface area contributed by atoms with Gasteiger partial charge in [-0.1, -0.05) is 0 Å². The Morgan fingerprint density at radius 3 is 3.08 bits per heavy atom. The molecule has 3 heteroatoms. The molecule has 0 saturated heterocycles. The summed E-state index contributed by atoms with van der Waals surface area (Å²) in [7, 11) is 1.74. The van der Waals surface area contributed by atoms with Crippen molar-refractivity contribution in [3.8, 4) is 0 Å². The van der Waals surface area contributed by atoms with Crippen molar-refractivity contribution in [2.45, 2.75) is 6.92 Å². The fraction of sp³-hybridized carbons (Fsp3) is 0.200. The molecule has 0 radical (unpaired) electrons. The number of nitrogens with zero attached hydrogens (tertiary/aromatic N) is 2. The van der Waals surface area contributed by atoms with Gasteiger partial charge in [0, 0.05) is 29.9 Å². The first kappa shape index (κ1) is 7.98. The van der Waals surface area contributed by atoms with Crippen LogP contribution in [0.1, 0.15) is 11.3 Å². The molecule has 0 N–H and O–H groups in total. The van der Waals surface area contributed by atoms with Gasteiger partial charge in [-0.2, -0.15) is 0 Å². The van der Waals surface area contributed by atoms with Crippen LogP contribution in [0.4, 0.5) is 0 Å². The molecule has 0 amide bonds. The number of fused-ring (bicyclic) bond motifs is 1. The number of aliphatic imine (C=N–C) groups is 1. The molecule has 0 fully saturated rings. The van der Waals surface area contributed by atoms with Crippen LogP contribution in [0.3, 0.4) is 0 Å². The molecule has 0 unspecified atom stereocenters. The summed E-state index contributed by atoms with van der Waals surface area (Å²) in [5.74, 6) is 0. The number of aromatic nitrogens is 1. The summed E-state index contributed by atoms with van der Waals surface area (Å²) in [6, 6.07) is 3.96. The van der Waals surface area contributed by atoms with Crippen LogP contribution in [-0.4, -0.2) is 18.2 Å². The monoisotopic (exact) mass is 174 g/mol. The largest absolute Gasteiger partial charge is 0.445 e. The van der Waals surface area contributed by atoms with Gasteiger partial charge in [-0.25, -0.2) is 4.98 Å². The first-order valence-electron chi connectivity index (χ1n) is 4.08. The third-order valence-electron chi connectivity index (χ3n) is 1.88. The van der Waals surface area contributed by atoms with E-state index in [1.54, 1.807) is 19.5 Å². The lowest BCUT2D eigenvalue weighted by Crippen LogP contribution is -1.81. The second kappa shape index (κ2) is 3.01. The minimum absolute atomic E-state index is 0.676. The van der Waals surface area contributed by atoms with Gasteiger partial charge in [-0.05, 0) is 19.1 Å². The van der Waals surface area contributed by atoms with Crippen LogP contribution in [0.25, 0.3) is 11.1 Å². The Balaban J connectivity index is 2.68. The molecular weight excluding hydrogens is 164 g/mol. The maximum absolute atomic E-state index is 5.28. The molecule has 0 atom stereocenters. The molecule has 2 heterocycles. The van der Waals surface area contributed by atoms with Gasteiger partial charge in [0.05, 0.1) is 0 Å². The Morgan fingerprint density at radius 1 is 1.46 bits per heavy atom. The fourth-order valence-corrected chi connectivity index (χ4v) is 1.26. The van der Waals surface area contributed by atoms with Crippen LogP contribution < -0.4 is 0 Å². The molecule has 0 bridgehead atoms. The average Bonchev–Trinajstić information content (AvgIpc) is 2.49. The highest BCUT2D eigenvalue weighted by atomic mass is 16.3. The van der Waals surface area contributed by atoms with Crippen LogP contribution in [0.15, 0.2) is 27.8 Å². The van der Waals surface area contributed by atoms with Crippen LogP contribution >= 0.6 is 0 Å². The predicted octanol–water partition coefficient (Wildman–Crippen LogP) is 2.18. The second-order valence-corrected chi connectivity index (χ2v) is 2.88. The van der Waals surface area contributed by atoms with Crippen molar-refractivity contribution < 1.29 is 4.42 Å². The third-order valence-corrected chi connectivity index (χ3v) is 1.88. The van der Waals surface area contributed by atoms with E-state index in [4.69, 9.17) is 4.42 Å². The smallest absolute Gasteiger partial charge is 0.226 e. The van der Waals surface area contributed by atoms with Gasteiger partial charge >= 0.3 is 0 Å². The number of hydrogen-bond acceptors (Lipinski definition) is 3. The first-order valence-corrected chi connectivity index (χ1v) is 4.08. The summed E-state index contributed by atoms with van der Waals surface area (Å²) >= 11 is 0. The topological polar surface area (TPSA) is 38.4 Å². The van der Waals surface area contributed by atoms with Gasteiger partial charge in [0.1, 0.15) is 6.26 Å². The Kier molecular flexibility index (Phi) is 1.85. The summed E-state index contributed by atoms with van der Waals surface area (Å²) in [5, 5.41) is 1.01. The lowest BCUT2D eigenvalue weighted by molar-refractivity contribution is 0.601. The van der Waals surface area contributed by atoms with Crippen molar-refractivity contribution >= 4 is 17.3 Å². The molecule has 0 aromatic carbocycles. The summed E-state index contributed by atoms with van der Waals surface area (Å²) in [6.45, 7) is 1.94. The summed E-state index contributed by atoms with van der Waals surface area (Å²) in [6.07, 6.45) is 3.44.